The van der Waals surface area contributed by atoms with Crippen LogP contribution in [0.1, 0.15) is 44.1 Å². The molecule has 0 radical (unpaired) electrons. The van der Waals surface area contributed by atoms with Crippen molar-refractivity contribution in [3.05, 3.63) is 59.9 Å². The first-order valence-corrected chi connectivity index (χ1v) is 11.3. The van der Waals surface area contributed by atoms with Crippen molar-refractivity contribution < 1.29 is 18.4 Å². The van der Waals surface area contributed by atoms with E-state index in [0.29, 0.717) is 18.1 Å². The molecule has 0 aliphatic heterocycles. The quantitative estimate of drug-likeness (QED) is 0.483. The molecule has 1 unspecified atom stereocenters. The number of nitrogens with two attached hydrogens (primary N) is 1. The second-order valence-corrected chi connectivity index (χ2v) is 9.49. The maximum Gasteiger partial charge on any atom is 0.249 e. The lowest BCUT2D eigenvalue weighted by atomic mass is 9.84. The molecule has 0 spiro atoms. The molecule has 1 aromatic carbocycles. The standard InChI is InChI=1S/C25H34FN5O3/c1-17-11-20(29-34-17)14-30-15-21(18-9-7-6-8-10-18)28-24(30)23(25(2,3)4)31(13-19(26)12-27)22(32)16-33-5/h6-11,15,19,23H,12-14,16,27H2,1-5H3/t19-,23?/m0/s1. The van der Waals surface area contributed by atoms with Crippen molar-refractivity contribution in [1.82, 2.24) is 19.6 Å². The normalized spacial score (nSPS) is 13.6. The Kier molecular flexibility index (Phi) is 8.22. The second kappa shape index (κ2) is 10.9. The fourth-order valence-corrected chi connectivity index (χ4v) is 4.03. The minimum absolute atomic E-state index is 0.156. The van der Waals surface area contributed by atoms with E-state index < -0.39 is 17.6 Å². The number of ether oxygens (including phenoxy) is 1. The van der Waals surface area contributed by atoms with Crippen LogP contribution in [0.5, 0.6) is 0 Å². The summed E-state index contributed by atoms with van der Waals surface area (Å²) in [5.74, 6) is 1.000. The summed E-state index contributed by atoms with van der Waals surface area (Å²) in [5, 5.41) is 4.13. The number of aryl methyl sites for hydroxylation is 1. The number of nitrogens with zero attached hydrogens (tertiary/aromatic N) is 4. The zero-order valence-electron chi connectivity index (χ0n) is 20.5. The van der Waals surface area contributed by atoms with E-state index in [4.69, 9.17) is 20.0 Å². The third kappa shape index (κ3) is 6.09. The molecule has 2 N–H and O–H groups in total. The van der Waals surface area contributed by atoms with E-state index in [9.17, 15) is 9.18 Å². The van der Waals surface area contributed by atoms with Crippen LogP contribution < -0.4 is 5.73 Å². The van der Waals surface area contributed by atoms with Gasteiger partial charge in [0, 0.05) is 31.5 Å². The van der Waals surface area contributed by atoms with Crippen LogP contribution in [0.4, 0.5) is 4.39 Å². The number of methoxy groups -OCH3 is 1. The maximum absolute atomic E-state index is 14.6. The third-order valence-corrected chi connectivity index (χ3v) is 5.50. The van der Waals surface area contributed by atoms with E-state index >= 15 is 0 Å². The topological polar surface area (TPSA) is 99.4 Å². The SMILES string of the molecule is COCC(=O)N(C[C@@H](F)CN)C(c1nc(-c2ccccc2)cn1Cc1cc(C)on1)C(C)(C)C. The van der Waals surface area contributed by atoms with Crippen LogP contribution in [0.3, 0.4) is 0 Å². The summed E-state index contributed by atoms with van der Waals surface area (Å²) in [6, 6.07) is 11.1. The van der Waals surface area contributed by atoms with Crippen molar-refractivity contribution >= 4 is 5.91 Å². The number of hydrogen-bond acceptors (Lipinski definition) is 6. The summed E-state index contributed by atoms with van der Waals surface area (Å²) in [7, 11) is 1.44. The van der Waals surface area contributed by atoms with Gasteiger partial charge in [-0.3, -0.25) is 4.79 Å². The van der Waals surface area contributed by atoms with Gasteiger partial charge in [-0.05, 0) is 12.3 Å². The Morgan fingerprint density at radius 1 is 1.29 bits per heavy atom. The first kappa shape index (κ1) is 25.6. The van der Waals surface area contributed by atoms with E-state index in [2.05, 4.69) is 5.16 Å². The minimum atomic E-state index is -1.37. The molecule has 0 aliphatic carbocycles. The minimum Gasteiger partial charge on any atom is -0.375 e. The Morgan fingerprint density at radius 3 is 2.56 bits per heavy atom. The zero-order chi connectivity index (χ0) is 24.9. The second-order valence-electron chi connectivity index (χ2n) is 9.49. The molecule has 3 aromatic rings. The number of benzene rings is 1. The van der Waals surface area contributed by atoms with Gasteiger partial charge >= 0.3 is 0 Å². The van der Waals surface area contributed by atoms with Gasteiger partial charge in [0.2, 0.25) is 5.91 Å². The number of halogens is 1. The number of rotatable bonds is 10. The lowest BCUT2D eigenvalue weighted by molar-refractivity contribution is -0.141. The van der Waals surface area contributed by atoms with Crippen LogP contribution in [0, 0.1) is 12.3 Å². The van der Waals surface area contributed by atoms with Gasteiger partial charge in [0.05, 0.1) is 24.8 Å². The molecular weight excluding hydrogens is 437 g/mol. The van der Waals surface area contributed by atoms with Gasteiger partial charge in [0.1, 0.15) is 30.1 Å². The molecule has 184 valence electrons. The van der Waals surface area contributed by atoms with Crippen LogP contribution in [0.2, 0.25) is 0 Å². The molecule has 1 amide bonds. The highest BCUT2D eigenvalue weighted by molar-refractivity contribution is 5.78. The van der Waals surface area contributed by atoms with E-state index in [1.807, 2.05) is 74.9 Å². The maximum atomic E-state index is 14.6. The molecule has 9 heteroatoms. The van der Waals surface area contributed by atoms with Crippen molar-refractivity contribution in [2.75, 3.05) is 26.8 Å². The number of carbonyl (C=O) groups is 1. The average Bonchev–Trinajstić information content (AvgIpc) is 3.39. The number of amides is 1. The summed E-state index contributed by atoms with van der Waals surface area (Å²) < 4.78 is 26.9. The Hall–Kier alpha value is -3.04. The Labute approximate surface area is 199 Å². The van der Waals surface area contributed by atoms with Gasteiger partial charge in [-0.2, -0.15) is 0 Å². The monoisotopic (exact) mass is 471 g/mol. The van der Waals surface area contributed by atoms with Crippen molar-refractivity contribution in [3.63, 3.8) is 0 Å². The first-order valence-electron chi connectivity index (χ1n) is 11.3. The van der Waals surface area contributed by atoms with Crippen LogP contribution in [0.15, 0.2) is 47.1 Å². The molecule has 0 saturated heterocycles. The smallest absolute Gasteiger partial charge is 0.249 e. The van der Waals surface area contributed by atoms with Crippen LogP contribution in [0.25, 0.3) is 11.3 Å². The molecule has 0 saturated carbocycles. The van der Waals surface area contributed by atoms with Gasteiger partial charge in [0.15, 0.2) is 0 Å². The molecule has 2 atom stereocenters. The highest BCUT2D eigenvalue weighted by atomic mass is 19.1. The summed E-state index contributed by atoms with van der Waals surface area (Å²) in [4.78, 5) is 19.6. The number of alkyl halides is 1. The van der Waals surface area contributed by atoms with E-state index in [1.165, 1.54) is 12.0 Å². The fourth-order valence-electron chi connectivity index (χ4n) is 4.03. The Morgan fingerprint density at radius 2 is 2.00 bits per heavy atom. The van der Waals surface area contributed by atoms with Gasteiger partial charge < -0.3 is 24.5 Å². The Bertz CT molecular complexity index is 1070. The lowest BCUT2D eigenvalue weighted by Crippen LogP contribution is -2.47. The van der Waals surface area contributed by atoms with E-state index in [-0.39, 0.29) is 25.6 Å². The predicted octanol–water partition coefficient (Wildman–Crippen LogP) is 3.75. The van der Waals surface area contributed by atoms with Gasteiger partial charge in [-0.1, -0.05) is 56.3 Å². The molecule has 34 heavy (non-hydrogen) atoms. The fraction of sp³-hybridized carbons (Fsp3) is 0.480. The molecule has 0 fully saturated rings. The number of carbonyl (C=O) groups excluding carboxylic acids is 1. The summed E-state index contributed by atoms with van der Waals surface area (Å²) in [6.45, 7) is 7.72. The lowest BCUT2D eigenvalue weighted by Gasteiger charge is -2.40. The van der Waals surface area contributed by atoms with Crippen LogP contribution in [-0.2, 0) is 16.1 Å². The van der Waals surface area contributed by atoms with E-state index in [1.54, 1.807) is 0 Å². The third-order valence-electron chi connectivity index (χ3n) is 5.50. The molecule has 0 aliphatic rings. The largest absolute Gasteiger partial charge is 0.375 e. The van der Waals surface area contributed by atoms with Gasteiger partial charge in [-0.25, -0.2) is 9.37 Å². The number of imidazole rings is 1. The summed E-state index contributed by atoms with van der Waals surface area (Å²) >= 11 is 0. The molecule has 2 heterocycles. The number of hydrogen-bond donors (Lipinski definition) is 1. The Balaban J connectivity index is 2.16. The van der Waals surface area contributed by atoms with Crippen molar-refractivity contribution in [2.24, 2.45) is 11.1 Å². The highest BCUT2D eigenvalue weighted by Gasteiger charge is 2.39. The van der Waals surface area contributed by atoms with Crippen LogP contribution >= 0.6 is 0 Å². The average molecular weight is 472 g/mol. The zero-order valence-corrected chi connectivity index (χ0v) is 20.5. The van der Waals surface area contributed by atoms with Crippen molar-refractivity contribution in [3.8, 4) is 11.3 Å². The predicted molar refractivity (Wildman–Crippen MR) is 128 cm³/mol. The summed E-state index contributed by atoms with van der Waals surface area (Å²) in [6.07, 6.45) is 0.559. The van der Waals surface area contributed by atoms with Crippen LogP contribution in [-0.4, -0.2) is 58.5 Å². The van der Waals surface area contributed by atoms with Gasteiger partial charge in [-0.15, -0.1) is 0 Å². The molecule has 2 aromatic heterocycles. The molecular formula is C25H34FN5O3. The summed E-state index contributed by atoms with van der Waals surface area (Å²) in [5.41, 5.74) is 7.51. The molecule has 8 nitrogen and oxygen atoms in total. The van der Waals surface area contributed by atoms with Gasteiger partial charge in [0.25, 0.3) is 0 Å². The highest BCUT2D eigenvalue weighted by Crippen LogP contribution is 2.39. The number of aromatic nitrogens is 3. The molecule has 0 bridgehead atoms. The van der Waals surface area contributed by atoms with Crippen molar-refractivity contribution in [2.45, 2.75) is 46.5 Å². The molecule has 3 rings (SSSR count). The van der Waals surface area contributed by atoms with Crippen molar-refractivity contribution in [1.29, 1.82) is 0 Å². The first-order chi connectivity index (χ1) is 16.1. The van der Waals surface area contributed by atoms with E-state index in [0.717, 1.165) is 17.0 Å².